The van der Waals surface area contributed by atoms with E-state index in [1.807, 2.05) is 0 Å². The van der Waals surface area contributed by atoms with Gasteiger partial charge in [0.2, 0.25) is 6.29 Å². The van der Waals surface area contributed by atoms with E-state index in [2.05, 4.69) is 9.47 Å². The minimum Gasteiger partial charge on any atom is -0.426 e. The Balaban J connectivity index is 3.76. The predicted octanol–water partition coefficient (Wildman–Crippen LogP) is -0.214. The molecule has 2 N–H and O–H groups in total. The molecule has 0 saturated carbocycles. The molecule has 0 fully saturated rings. The van der Waals surface area contributed by atoms with Crippen LogP contribution in [-0.2, 0) is 19.1 Å². The number of hydrogen-bond donors (Lipinski definition) is 1. The van der Waals surface area contributed by atoms with Gasteiger partial charge in [0.1, 0.15) is 6.04 Å². The van der Waals surface area contributed by atoms with Crippen LogP contribution in [0.4, 0.5) is 0 Å². The Morgan fingerprint density at radius 2 is 1.75 bits per heavy atom. The molecule has 0 bridgehead atoms. The van der Waals surface area contributed by atoms with Crippen molar-refractivity contribution in [3.05, 3.63) is 0 Å². The first-order valence-electron chi connectivity index (χ1n) is 3.56. The Kier molecular flexibility index (Phi) is 4.28. The third-order valence-electron chi connectivity index (χ3n) is 0.986. The maximum atomic E-state index is 10.8. The van der Waals surface area contributed by atoms with Crippen molar-refractivity contribution in [1.29, 1.82) is 0 Å². The summed E-state index contributed by atoms with van der Waals surface area (Å²) in [5.41, 5.74) is 5.20. The molecule has 0 heterocycles. The summed E-state index contributed by atoms with van der Waals surface area (Å²) >= 11 is 0. The van der Waals surface area contributed by atoms with E-state index >= 15 is 0 Å². The number of nitrogens with two attached hydrogens (primary N) is 1. The van der Waals surface area contributed by atoms with Gasteiger partial charge in [-0.1, -0.05) is 0 Å². The Labute approximate surface area is 70.8 Å². The average molecular weight is 175 g/mol. The summed E-state index contributed by atoms with van der Waals surface area (Å²) in [7, 11) is 0. The third kappa shape index (κ3) is 4.68. The van der Waals surface area contributed by atoms with Gasteiger partial charge in [-0.05, 0) is 6.92 Å². The molecule has 70 valence electrons. The Morgan fingerprint density at radius 1 is 1.25 bits per heavy atom. The van der Waals surface area contributed by atoms with E-state index in [1.165, 1.54) is 20.8 Å². The lowest BCUT2D eigenvalue weighted by Gasteiger charge is -2.13. The molecule has 0 rings (SSSR count). The molecule has 5 nitrogen and oxygen atoms in total. The molecule has 0 radical (unpaired) electrons. The van der Waals surface area contributed by atoms with Crippen molar-refractivity contribution in [3.8, 4) is 0 Å². The lowest BCUT2D eigenvalue weighted by molar-refractivity contribution is -0.183. The van der Waals surface area contributed by atoms with E-state index in [4.69, 9.17) is 5.73 Å². The summed E-state index contributed by atoms with van der Waals surface area (Å²) in [4.78, 5) is 21.2. The van der Waals surface area contributed by atoms with Crippen LogP contribution in [0.5, 0.6) is 0 Å². The van der Waals surface area contributed by atoms with Gasteiger partial charge in [-0.2, -0.15) is 0 Å². The molecule has 0 spiro atoms. The van der Waals surface area contributed by atoms with Crippen LogP contribution in [0, 0.1) is 0 Å². The van der Waals surface area contributed by atoms with Crippen LogP contribution in [0.15, 0.2) is 0 Å². The lowest BCUT2D eigenvalue weighted by atomic mass is 10.4. The second-order valence-corrected chi connectivity index (χ2v) is 2.40. The molecule has 0 aliphatic rings. The van der Waals surface area contributed by atoms with Crippen molar-refractivity contribution >= 4 is 11.9 Å². The number of carbonyl (C=O) groups excluding carboxylic acids is 2. The molecule has 0 amide bonds. The Morgan fingerprint density at radius 3 is 2.08 bits per heavy atom. The molecule has 2 atom stereocenters. The van der Waals surface area contributed by atoms with E-state index in [1.54, 1.807) is 0 Å². The minimum atomic E-state index is -0.874. The van der Waals surface area contributed by atoms with E-state index < -0.39 is 24.3 Å². The van der Waals surface area contributed by atoms with Crippen molar-refractivity contribution in [3.63, 3.8) is 0 Å². The fraction of sp³-hybridized carbons (Fsp3) is 0.714. The molecule has 5 heteroatoms. The number of hydrogen-bond acceptors (Lipinski definition) is 5. The van der Waals surface area contributed by atoms with Gasteiger partial charge in [-0.25, -0.2) is 0 Å². The summed E-state index contributed by atoms with van der Waals surface area (Å²) in [6.07, 6.45) is -0.874. The first kappa shape index (κ1) is 10.9. The van der Waals surface area contributed by atoms with Gasteiger partial charge in [0.05, 0.1) is 0 Å². The molecule has 0 saturated heterocycles. The van der Waals surface area contributed by atoms with Crippen LogP contribution in [0.1, 0.15) is 20.8 Å². The third-order valence-corrected chi connectivity index (χ3v) is 0.986. The van der Waals surface area contributed by atoms with Crippen LogP contribution >= 0.6 is 0 Å². The fourth-order valence-corrected chi connectivity index (χ4v) is 0.529. The van der Waals surface area contributed by atoms with E-state index in [0.29, 0.717) is 0 Å². The molecule has 0 aromatic rings. The van der Waals surface area contributed by atoms with Crippen LogP contribution in [0.25, 0.3) is 0 Å². The molecular formula is C7H13NO4. The maximum Gasteiger partial charge on any atom is 0.325 e. The highest BCUT2D eigenvalue weighted by Gasteiger charge is 2.14. The van der Waals surface area contributed by atoms with Gasteiger partial charge in [0.25, 0.3) is 0 Å². The molecule has 12 heavy (non-hydrogen) atoms. The van der Waals surface area contributed by atoms with Crippen molar-refractivity contribution in [2.75, 3.05) is 0 Å². The van der Waals surface area contributed by atoms with E-state index in [-0.39, 0.29) is 0 Å². The number of esters is 2. The highest BCUT2D eigenvalue weighted by Crippen LogP contribution is 1.96. The highest BCUT2D eigenvalue weighted by atomic mass is 16.7. The van der Waals surface area contributed by atoms with Gasteiger partial charge < -0.3 is 15.2 Å². The molecule has 1 unspecified atom stereocenters. The van der Waals surface area contributed by atoms with E-state index in [9.17, 15) is 9.59 Å². The number of carbonyl (C=O) groups is 2. The second-order valence-electron chi connectivity index (χ2n) is 2.40. The molecule has 0 aliphatic carbocycles. The SMILES string of the molecule is CC(=O)OC(C)OC(=O)[C@H](C)N. The van der Waals surface area contributed by atoms with Gasteiger partial charge in [-0.15, -0.1) is 0 Å². The zero-order valence-corrected chi connectivity index (χ0v) is 7.37. The Bertz CT molecular complexity index is 178. The summed E-state index contributed by atoms with van der Waals surface area (Å²) < 4.78 is 9.15. The quantitative estimate of drug-likeness (QED) is 0.474. The van der Waals surface area contributed by atoms with Crippen LogP contribution < -0.4 is 5.73 Å². The largest absolute Gasteiger partial charge is 0.426 e. The van der Waals surface area contributed by atoms with Gasteiger partial charge in [0.15, 0.2) is 0 Å². The molecule has 0 aromatic carbocycles. The first-order valence-corrected chi connectivity index (χ1v) is 3.56. The number of ether oxygens (including phenoxy) is 2. The summed E-state index contributed by atoms with van der Waals surface area (Å²) in [6.45, 7) is 4.17. The van der Waals surface area contributed by atoms with Crippen molar-refractivity contribution < 1.29 is 19.1 Å². The minimum absolute atomic E-state index is 0.500. The summed E-state index contributed by atoms with van der Waals surface area (Å²) in [6, 6.07) is -0.706. The van der Waals surface area contributed by atoms with Gasteiger partial charge in [-0.3, -0.25) is 9.59 Å². The second kappa shape index (κ2) is 4.71. The van der Waals surface area contributed by atoms with Crippen LogP contribution in [0.3, 0.4) is 0 Å². The van der Waals surface area contributed by atoms with Crippen LogP contribution in [0.2, 0.25) is 0 Å². The highest BCUT2D eigenvalue weighted by molar-refractivity contribution is 5.75. The molecular weight excluding hydrogens is 162 g/mol. The molecule has 0 aliphatic heterocycles. The zero-order chi connectivity index (χ0) is 9.72. The standard InChI is InChI=1S/C7H13NO4/c1-4(8)7(10)12-6(3)11-5(2)9/h4,6H,8H2,1-3H3/t4-,6?/m0/s1. The van der Waals surface area contributed by atoms with Crippen molar-refractivity contribution in [2.45, 2.75) is 33.1 Å². The Hall–Kier alpha value is -1.10. The number of rotatable bonds is 3. The van der Waals surface area contributed by atoms with Crippen molar-refractivity contribution in [1.82, 2.24) is 0 Å². The zero-order valence-electron chi connectivity index (χ0n) is 7.37. The summed E-state index contributed by atoms with van der Waals surface area (Å²) in [5.74, 6) is -1.09. The van der Waals surface area contributed by atoms with E-state index in [0.717, 1.165) is 0 Å². The summed E-state index contributed by atoms with van der Waals surface area (Å²) in [5, 5.41) is 0. The first-order chi connectivity index (χ1) is 5.43. The smallest absolute Gasteiger partial charge is 0.325 e. The predicted molar refractivity (Wildman–Crippen MR) is 41.0 cm³/mol. The monoisotopic (exact) mass is 175 g/mol. The normalized spacial score (nSPS) is 14.7. The van der Waals surface area contributed by atoms with Crippen LogP contribution in [-0.4, -0.2) is 24.3 Å². The van der Waals surface area contributed by atoms with Gasteiger partial charge in [0, 0.05) is 13.8 Å². The average Bonchev–Trinajstić information content (AvgIpc) is 1.84. The lowest BCUT2D eigenvalue weighted by Crippen LogP contribution is -2.32. The fourth-order valence-electron chi connectivity index (χ4n) is 0.529. The van der Waals surface area contributed by atoms with Gasteiger partial charge >= 0.3 is 11.9 Å². The topological polar surface area (TPSA) is 78.6 Å². The molecule has 0 aromatic heterocycles. The van der Waals surface area contributed by atoms with Crippen molar-refractivity contribution in [2.24, 2.45) is 5.73 Å². The maximum absolute atomic E-state index is 10.8.